The number of thioether (sulfide) groups is 1. The fourth-order valence-electron chi connectivity index (χ4n) is 1.45. The van der Waals surface area contributed by atoms with Crippen LogP contribution < -0.4 is 5.11 Å². The van der Waals surface area contributed by atoms with Crippen molar-refractivity contribution in [3.63, 3.8) is 0 Å². The maximum Gasteiger partial charge on any atom is 0.239 e. The van der Waals surface area contributed by atoms with Gasteiger partial charge in [0.15, 0.2) is 0 Å². The number of carboxylic acids is 1. The quantitative estimate of drug-likeness (QED) is 0.654. The highest BCUT2D eigenvalue weighted by Crippen LogP contribution is 2.26. The van der Waals surface area contributed by atoms with Gasteiger partial charge in [-0.15, -0.1) is 0 Å². The first-order valence-electron chi connectivity index (χ1n) is 4.68. The number of aliphatic carboxylic acids is 1. The molecule has 1 saturated heterocycles. The van der Waals surface area contributed by atoms with Crippen LogP contribution in [-0.2, 0) is 9.59 Å². The van der Waals surface area contributed by atoms with Gasteiger partial charge < -0.3 is 9.90 Å². The molecule has 0 aromatic heterocycles. The van der Waals surface area contributed by atoms with E-state index in [0.717, 1.165) is 0 Å². The third kappa shape index (κ3) is 2.49. The molecule has 1 heterocycles. The lowest BCUT2D eigenvalue weighted by atomic mass is 9.98. The van der Waals surface area contributed by atoms with Gasteiger partial charge in [0.1, 0.15) is 4.32 Å². The Balaban J connectivity index is 2.93. The molecular weight excluding hydrogens is 234 g/mol. The minimum absolute atomic E-state index is 0.157. The van der Waals surface area contributed by atoms with Crippen molar-refractivity contribution < 1.29 is 14.7 Å². The SMILES string of the molecule is CC[C@H](C)[C@H](C(=O)[O-])N1C(=O)CSC1=S. The van der Waals surface area contributed by atoms with Crippen LogP contribution in [0.2, 0.25) is 0 Å². The van der Waals surface area contributed by atoms with Crippen LogP contribution in [0.25, 0.3) is 0 Å². The molecule has 1 aliphatic rings. The summed E-state index contributed by atoms with van der Waals surface area (Å²) in [6.07, 6.45) is 0.662. The molecule has 0 unspecified atom stereocenters. The fraction of sp³-hybridized carbons (Fsp3) is 0.667. The number of rotatable bonds is 4. The van der Waals surface area contributed by atoms with Crippen LogP contribution in [0, 0.1) is 5.92 Å². The minimum Gasteiger partial charge on any atom is -0.548 e. The molecule has 1 amide bonds. The summed E-state index contributed by atoms with van der Waals surface area (Å²) in [6.45, 7) is 3.65. The summed E-state index contributed by atoms with van der Waals surface area (Å²) in [7, 11) is 0. The van der Waals surface area contributed by atoms with Gasteiger partial charge in [-0.1, -0.05) is 44.2 Å². The first kappa shape index (κ1) is 12.4. The van der Waals surface area contributed by atoms with Crippen LogP contribution >= 0.6 is 24.0 Å². The van der Waals surface area contributed by atoms with Crippen molar-refractivity contribution in [1.82, 2.24) is 4.90 Å². The van der Waals surface area contributed by atoms with Gasteiger partial charge in [-0.2, -0.15) is 0 Å². The van der Waals surface area contributed by atoms with Crippen molar-refractivity contribution in [3.05, 3.63) is 0 Å². The minimum atomic E-state index is -1.23. The normalized spacial score (nSPS) is 20.5. The number of hydrogen-bond acceptors (Lipinski definition) is 5. The van der Waals surface area contributed by atoms with E-state index >= 15 is 0 Å². The third-order valence-electron chi connectivity index (χ3n) is 2.49. The van der Waals surface area contributed by atoms with E-state index in [1.54, 1.807) is 6.92 Å². The van der Waals surface area contributed by atoms with Crippen LogP contribution in [0.15, 0.2) is 0 Å². The first-order valence-corrected chi connectivity index (χ1v) is 6.08. The lowest BCUT2D eigenvalue weighted by molar-refractivity contribution is -0.311. The van der Waals surface area contributed by atoms with E-state index in [0.29, 0.717) is 10.7 Å². The lowest BCUT2D eigenvalue weighted by Gasteiger charge is -2.32. The van der Waals surface area contributed by atoms with Crippen LogP contribution in [0.3, 0.4) is 0 Å². The van der Waals surface area contributed by atoms with Gasteiger partial charge in [0.05, 0.1) is 17.8 Å². The molecular formula is C9H12NO3S2-. The Morgan fingerprint density at radius 2 is 2.33 bits per heavy atom. The topological polar surface area (TPSA) is 60.4 Å². The zero-order valence-electron chi connectivity index (χ0n) is 8.56. The number of hydrogen-bond donors (Lipinski definition) is 0. The second-order valence-electron chi connectivity index (χ2n) is 3.47. The highest BCUT2D eigenvalue weighted by molar-refractivity contribution is 8.23. The molecule has 0 saturated carbocycles. The molecule has 0 spiro atoms. The maximum absolute atomic E-state index is 11.5. The summed E-state index contributed by atoms with van der Waals surface area (Å²) in [4.78, 5) is 23.7. The van der Waals surface area contributed by atoms with E-state index in [2.05, 4.69) is 0 Å². The molecule has 15 heavy (non-hydrogen) atoms. The Kier molecular flexibility index (Phi) is 4.10. The molecule has 0 bridgehead atoms. The van der Waals surface area contributed by atoms with Gasteiger partial charge in [0.2, 0.25) is 5.91 Å². The van der Waals surface area contributed by atoms with Crippen LogP contribution in [0.5, 0.6) is 0 Å². The Morgan fingerprint density at radius 3 is 2.67 bits per heavy atom. The number of thiocarbonyl (C=S) groups is 1. The predicted octanol–water partition coefficient (Wildman–Crippen LogP) is 0.0113. The Hall–Kier alpha value is -0.620. The van der Waals surface area contributed by atoms with Gasteiger partial charge in [0.25, 0.3) is 0 Å². The summed E-state index contributed by atoms with van der Waals surface area (Å²) in [5, 5.41) is 11.0. The van der Waals surface area contributed by atoms with Crippen molar-refractivity contribution in [2.24, 2.45) is 5.92 Å². The van der Waals surface area contributed by atoms with E-state index < -0.39 is 12.0 Å². The van der Waals surface area contributed by atoms with Gasteiger partial charge in [-0.05, 0) is 5.92 Å². The summed E-state index contributed by atoms with van der Waals surface area (Å²) in [5.74, 6) is -1.39. The van der Waals surface area contributed by atoms with Crippen molar-refractivity contribution in [1.29, 1.82) is 0 Å². The highest BCUT2D eigenvalue weighted by atomic mass is 32.2. The van der Waals surface area contributed by atoms with Gasteiger partial charge >= 0.3 is 0 Å². The van der Waals surface area contributed by atoms with Gasteiger partial charge in [-0.3, -0.25) is 9.69 Å². The molecule has 6 heteroatoms. The summed E-state index contributed by atoms with van der Waals surface area (Å²) < 4.78 is 0.342. The molecule has 1 fully saturated rings. The largest absolute Gasteiger partial charge is 0.548 e. The molecule has 4 nitrogen and oxygen atoms in total. The first-order chi connectivity index (χ1) is 6.99. The second-order valence-corrected chi connectivity index (χ2v) is 5.08. The van der Waals surface area contributed by atoms with E-state index in [4.69, 9.17) is 12.2 Å². The Labute approximate surface area is 98.0 Å². The average Bonchev–Trinajstić information content (AvgIpc) is 2.49. The number of carbonyl (C=O) groups is 2. The molecule has 0 aromatic carbocycles. The molecule has 2 atom stereocenters. The second kappa shape index (κ2) is 4.94. The number of nitrogens with zero attached hydrogens (tertiary/aromatic N) is 1. The zero-order chi connectivity index (χ0) is 11.6. The van der Waals surface area contributed by atoms with Crippen LogP contribution in [0.1, 0.15) is 20.3 Å². The summed E-state index contributed by atoms with van der Waals surface area (Å²) in [5.41, 5.74) is 0. The maximum atomic E-state index is 11.5. The van der Waals surface area contributed by atoms with E-state index in [1.807, 2.05) is 6.92 Å². The Morgan fingerprint density at radius 1 is 1.73 bits per heavy atom. The number of carbonyl (C=O) groups excluding carboxylic acids is 2. The molecule has 84 valence electrons. The monoisotopic (exact) mass is 246 g/mol. The molecule has 0 N–H and O–H groups in total. The van der Waals surface area contributed by atoms with Crippen LogP contribution in [0.4, 0.5) is 0 Å². The van der Waals surface area contributed by atoms with Gasteiger partial charge in [0, 0.05) is 0 Å². The standard InChI is InChI=1S/C9H13NO3S2/c1-3-5(2)7(8(12)13)10-6(11)4-15-9(10)14/h5,7H,3-4H2,1-2H3,(H,12,13)/p-1/t5-,7+/m0/s1. The smallest absolute Gasteiger partial charge is 0.239 e. The number of amides is 1. The van der Waals surface area contributed by atoms with Crippen LogP contribution in [-0.4, -0.2) is 32.9 Å². The Bertz CT molecular complexity index is 290. The molecule has 0 aliphatic carbocycles. The zero-order valence-corrected chi connectivity index (χ0v) is 10.2. The lowest BCUT2D eigenvalue weighted by Crippen LogP contribution is -2.53. The third-order valence-corrected chi connectivity index (χ3v) is 3.87. The molecule has 0 radical (unpaired) electrons. The van der Waals surface area contributed by atoms with Crippen molar-refractivity contribution in [2.45, 2.75) is 26.3 Å². The summed E-state index contributed by atoms with van der Waals surface area (Å²) >= 11 is 6.16. The number of carboxylic acid groups (broad SMARTS) is 1. The predicted molar refractivity (Wildman–Crippen MR) is 60.2 cm³/mol. The van der Waals surface area contributed by atoms with E-state index in [9.17, 15) is 14.7 Å². The fourth-order valence-corrected chi connectivity index (χ4v) is 2.58. The summed E-state index contributed by atoms with van der Waals surface area (Å²) in [6, 6.07) is -0.926. The highest BCUT2D eigenvalue weighted by Gasteiger charge is 2.36. The average molecular weight is 246 g/mol. The van der Waals surface area contributed by atoms with Crippen molar-refractivity contribution >= 4 is 40.2 Å². The van der Waals surface area contributed by atoms with Crippen molar-refractivity contribution in [3.8, 4) is 0 Å². The van der Waals surface area contributed by atoms with E-state index in [1.165, 1.54) is 16.7 Å². The molecule has 1 rings (SSSR count). The van der Waals surface area contributed by atoms with Crippen molar-refractivity contribution in [2.75, 3.05) is 5.75 Å². The molecule has 1 aliphatic heterocycles. The van der Waals surface area contributed by atoms with Gasteiger partial charge in [-0.25, -0.2) is 0 Å². The molecule has 0 aromatic rings. The van der Waals surface area contributed by atoms with E-state index in [-0.39, 0.29) is 17.6 Å².